The lowest BCUT2D eigenvalue weighted by molar-refractivity contribution is -0.184. The summed E-state index contributed by atoms with van der Waals surface area (Å²) in [6.45, 7) is 2.90. The van der Waals surface area contributed by atoms with Gasteiger partial charge in [-0.05, 0) is 24.5 Å². The second-order valence-electron chi connectivity index (χ2n) is 7.21. The van der Waals surface area contributed by atoms with Crippen LogP contribution in [0.3, 0.4) is 0 Å². The lowest BCUT2D eigenvalue weighted by Crippen LogP contribution is -2.53. The molecule has 2 rings (SSSR count). The SMILES string of the molecule is CC(C)C(=O)NCC(=O)OC(OC(N)=O)C1(c2ccccc2Cl)CCCCC1=O. The average molecular weight is 425 g/mol. The largest absolute Gasteiger partial charge is 0.422 e. The van der Waals surface area contributed by atoms with E-state index in [9.17, 15) is 19.2 Å². The van der Waals surface area contributed by atoms with Gasteiger partial charge < -0.3 is 20.5 Å². The number of amides is 2. The molecule has 1 aromatic carbocycles. The van der Waals surface area contributed by atoms with Gasteiger partial charge in [0.1, 0.15) is 12.0 Å². The zero-order valence-electron chi connectivity index (χ0n) is 16.4. The molecule has 1 saturated carbocycles. The van der Waals surface area contributed by atoms with Gasteiger partial charge in [0, 0.05) is 17.4 Å². The number of benzene rings is 1. The summed E-state index contributed by atoms with van der Waals surface area (Å²) in [6.07, 6.45) is -1.02. The van der Waals surface area contributed by atoms with Gasteiger partial charge in [-0.1, -0.05) is 50.1 Å². The summed E-state index contributed by atoms with van der Waals surface area (Å²) in [6, 6.07) is 6.63. The maximum absolute atomic E-state index is 13.1. The zero-order chi connectivity index (χ0) is 21.6. The van der Waals surface area contributed by atoms with Crippen LogP contribution in [0.4, 0.5) is 4.79 Å². The minimum atomic E-state index is -1.60. The summed E-state index contributed by atoms with van der Waals surface area (Å²) >= 11 is 6.35. The van der Waals surface area contributed by atoms with Crippen LogP contribution in [0.1, 0.15) is 45.1 Å². The number of carbonyl (C=O) groups is 4. The molecule has 29 heavy (non-hydrogen) atoms. The topological polar surface area (TPSA) is 125 Å². The minimum Gasteiger partial charge on any atom is -0.422 e. The molecule has 2 unspecified atom stereocenters. The van der Waals surface area contributed by atoms with E-state index in [0.717, 1.165) is 0 Å². The van der Waals surface area contributed by atoms with E-state index < -0.39 is 30.3 Å². The van der Waals surface area contributed by atoms with E-state index in [2.05, 4.69) is 5.32 Å². The third-order valence-corrected chi connectivity index (χ3v) is 5.20. The molecule has 0 heterocycles. The Kier molecular flexibility index (Phi) is 7.61. The van der Waals surface area contributed by atoms with Gasteiger partial charge in [0.25, 0.3) is 6.29 Å². The van der Waals surface area contributed by atoms with Crippen LogP contribution in [0.25, 0.3) is 0 Å². The predicted octanol–water partition coefficient (Wildman–Crippen LogP) is 2.46. The molecule has 158 valence electrons. The van der Waals surface area contributed by atoms with Crippen molar-refractivity contribution in [1.82, 2.24) is 5.32 Å². The first-order valence-electron chi connectivity index (χ1n) is 9.40. The van der Waals surface area contributed by atoms with Crippen molar-refractivity contribution in [3.63, 3.8) is 0 Å². The Bertz CT molecular complexity index is 797. The summed E-state index contributed by atoms with van der Waals surface area (Å²) in [4.78, 5) is 48.7. The second kappa shape index (κ2) is 9.73. The van der Waals surface area contributed by atoms with Crippen LogP contribution in [0, 0.1) is 5.92 Å². The minimum absolute atomic E-state index is 0.214. The number of Topliss-reactive ketones (excluding diaryl/α,β-unsaturated/α-hetero) is 1. The van der Waals surface area contributed by atoms with Crippen molar-refractivity contribution in [2.75, 3.05) is 6.54 Å². The van der Waals surface area contributed by atoms with Crippen LogP contribution in [0.15, 0.2) is 24.3 Å². The molecule has 8 nitrogen and oxygen atoms in total. The normalized spacial score (nSPS) is 20.1. The third-order valence-electron chi connectivity index (χ3n) is 4.87. The van der Waals surface area contributed by atoms with Crippen LogP contribution in [0.5, 0.6) is 0 Å². The van der Waals surface area contributed by atoms with Crippen molar-refractivity contribution in [3.8, 4) is 0 Å². The Labute approximate surface area is 174 Å². The Hall–Kier alpha value is -2.61. The van der Waals surface area contributed by atoms with E-state index in [-0.39, 0.29) is 35.5 Å². The molecule has 3 N–H and O–H groups in total. The van der Waals surface area contributed by atoms with Gasteiger partial charge in [-0.15, -0.1) is 0 Å². The van der Waals surface area contributed by atoms with E-state index in [1.165, 1.54) is 0 Å². The smallest absolute Gasteiger partial charge is 0.407 e. The van der Waals surface area contributed by atoms with Crippen LogP contribution >= 0.6 is 11.6 Å². The van der Waals surface area contributed by atoms with E-state index in [1.54, 1.807) is 38.1 Å². The molecule has 0 aliphatic heterocycles. The van der Waals surface area contributed by atoms with Crippen molar-refractivity contribution in [1.29, 1.82) is 0 Å². The Morgan fingerprint density at radius 3 is 2.48 bits per heavy atom. The summed E-state index contributed by atoms with van der Waals surface area (Å²) in [5.74, 6) is -1.80. The molecule has 1 aromatic rings. The van der Waals surface area contributed by atoms with Gasteiger partial charge in [-0.2, -0.15) is 0 Å². The quantitative estimate of drug-likeness (QED) is 0.511. The highest BCUT2D eigenvalue weighted by Crippen LogP contribution is 2.44. The number of ether oxygens (including phenoxy) is 2. The molecule has 2 amide bonds. The zero-order valence-corrected chi connectivity index (χ0v) is 17.2. The van der Waals surface area contributed by atoms with E-state index in [4.69, 9.17) is 26.8 Å². The number of rotatable bonds is 7. The highest BCUT2D eigenvalue weighted by Gasteiger charge is 2.53. The molecule has 2 atom stereocenters. The van der Waals surface area contributed by atoms with Gasteiger partial charge in [-0.3, -0.25) is 14.4 Å². The molecule has 9 heteroatoms. The molecule has 1 aliphatic carbocycles. The van der Waals surface area contributed by atoms with Gasteiger partial charge in [0.05, 0.1) is 0 Å². The first-order valence-corrected chi connectivity index (χ1v) is 9.78. The Morgan fingerprint density at radius 1 is 1.21 bits per heavy atom. The number of nitrogens with two attached hydrogens (primary N) is 1. The second-order valence-corrected chi connectivity index (χ2v) is 7.62. The van der Waals surface area contributed by atoms with E-state index in [0.29, 0.717) is 18.4 Å². The Morgan fingerprint density at radius 2 is 1.90 bits per heavy atom. The monoisotopic (exact) mass is 424 g/mol. The molecule has 1 aliphatic rings. The highest BCUT2D eigenvalue weighted by molar-refractivity contribution is 6.31. The number of carbonyl (C=O) groups excluding carboxylic acids is 4. The summed E-state index contributed by atoms with van der Waals surface area (Å²) < 4.78 is 10.5. The molecular formula is C20H25ClN2O6. The molecular weight excluding hydrogens is 400 g/mol. The lowest BCUT2D eigenvalue weighted by atomic mass is 9.67. The predicted molar refractivity (Wildman–Crippen MR) is 105 cm³/mol. The molecule has 0 saturated heterocycles. The van der Waals surface area contributed by atoms with E-state index in [1.807, 2.05) is 0 Å². The van der Waals surface area contributed by atoms with Gasteiger partial charge in [0.2, 0.25) is 5.91 Å². The van der Waals surface area contributed by atoms with Gasteiger partial charge >= 0.3 is 12.1 Å². The fourth-order valence-corrected chi connectivity index (χ4v) is 3.70. The number of hydrogen-bond donors (Lipinski definition) is 2. The first-order chi connectivity index (χ1) is 13.7. The van der Waals surface area contributed by atoms with Crippen molar-refractivity contribution < 1.29 is 28.7 Å². The summed E-state index contributed by atoms with van der Waals surface area (Å²) in [5, 5.41) is 2.70. The number of ketones is 1. The van der Waals surface area contributed by atoms with E-state index >= 15 is 0 Å². The van der Waals surface area contributed by atoms with Crippen LogP contribution < -0.4 is 11.1 Å². The summed E-state index contributed by atoms with van der Waals surface area (Å²) in [7, 11) is 0. The number of primary amides is 1. The summed E-state index contributed by atoms with van der Waals surface area (Å²) in [5.41, 5.74) is 4.12. The molecule has 0 spiro atoms. The number of hydrogen-bond acceptors (Lipinski definition) is 6. The maximum Gasteiger partial charge on any atom is 0.407 e. The maximum atomic E-state index is 13.1. The van der Waals surface area contributed by atoms with Crippen LogP contribution in [-0.4, -0.2) is 36.6 Å². The number of esters is 1. The number of nitrogens with one attached hydrogen (secondary N) is 1. The molecule has 1 fully saturated rings. The fraction of sp³-hybridized carbons (Fsp3) is 0.500. The third kappa shape index (κ3) is 5.26. The fourth-order valence-electron chi connectivity index (χ4n) is 3.39. The molecule has 0 aromatic heterocycles. The lowest BCUT2D eigenvalue weighted by Gasteiger charge is -2.40. The van der Waals surface area contributed by atoms with Crippen molar-refractivity contribution in [2.45, 2.75) is 51.2 Å². The standard InChI is InChI=1S/C20H25ClN2O6/c1-12(2)17(26)23-11-16(25)28-18(29-19(22)27)20(10-6-5-9-15(20)24)13-7-3-4-8-14(13)21/h3-4,7-8,12,18H,5-6,9-11H2,1-2H3,(H2,22,27)(H,23,26). The Balaban J connectivity index is 2.38. The molecule has 0 radical (unpaired) electrons. The van der Waals surface area contributed by atoms with Gasteiger partial charge in [0.15, 0.2) is 5.78 Å². The average Bonchev–Trinajstić information content (AvgIpc) is 2.66. The van der Waals surface area contributed by atoms with Crippen molar-refractivity contribution in [2.24, 2.45) is 11.7 Å². The van der Waals surface area contributed by atoms with Crippen LogP contribution in [-0.2, 0) is 29.3 Å². The molecule has 0 bridgehead atoms. The van der Waals surface area contributed by atoms with Crippen molar-refractivity contribution >= 4 is 35.4 Å². The van der Waals surface area contributed by atoms with Crippen LogP contribution in [0.2, 0.25) is 5.02 Å². The van der Waals surface area contributed by atoms with Gasteiger partial charge in [-0.25, -0.2) is 4.79 Å². The number of halogens is 1. The highest BCUT2D eigenvalue weighted by atomic mass is 35.5. The first kappa shape index (κ1) is 22.7. The van der Waals surface area contributed by atoms with Crippen molar-refractivity contribution in [3.05, 3.63) is 34.9 Å².